The molecule has 15 heavy (non-hydrogen) atoms. The van der Waals surface area contributed by atoms with Crippen LogP contribution in [0.1, 0.15) is 19.3 Å². The molecule has 2 heteroatoms. The third-order valence-electron chi connectivity index (χ3n) is 2.12. The SMILES string of the molecule is C1=CC=CCC=C1.FN1CCC=CCC1. The van der Waals surface area contributed by atoms with Crippen molar-refractivity contribution < 1.29 is 4.48 Å². The first kappa shape index (κ1) is 11.9. The van der Waals surface area contributed by atoms with Gasteiger partial charge in [0, 0.05) is 13.1 Å². The van der Waals surface area contributed by atoms with Crippen LogP contribution in [-0.4, -0.2) is 18.2 Å². The first-order valence-corrected chi connectivity index (χ1v) is 5.43. The van der Waals surface area contributed by atoms with Gasteiger partial charge in [-0.05, 0) is 19.3 Å². The van der Waals surface area contributed by atoms with Crippen molar-refractivity contribution in [1.29, 1.82) is 0 Å². The normalized spacial score (nSPS) is 20.3. The topological polar surface area (TPSA) is 3.24 Å². The largest absolute Gasteiger partial charge is 0.146 e. The van der Waals surface area contributed by atoms with Crippen LogP contribution in [-0.2, 0) is 0 Å². The molecule has 0 fully saturated rings. The molecule has 0 saturated heterocycles. The minimum absolute atomic E-state index is 0.566. The number of halogens is 1. The van der Waals surface area contributed by atoms with E-state index in [2.05, 4.69) is 24.3 Å². The maximum atomic E-state index is 12.2. The van der Waals surface area contributed by atoms with E-state index in [9.17, 15) is 4.48 Å². The summed E-state index contributed by atoms with van der Waals surface area (Å²) in [4.78, 5) is 0. The van der Waals surface area contributed by atoms with Crippen LogP contribution in [0.3, 0.4) is 0 Å². The predicted octanol–water partition coefficient (Wildman–Crippen LogP) is 3.58. The van der Waals surface area contributed by atoms with Crippen LogP contribution in [0.4, 0.5) is 4.48 Å². The number of rotatable bonds is 0. The summed E-state index contributed by atoms with van der Waals surface area (Å²) in [5.74, 6) is 0. The zero-order chi connectivity index (χ0) is 10.8. The van der Waals surface area contributed by atoms with Crippen LogP contribution < -0.4 is 0 Å². The Balaban J connectivity index is 0.000000151. The van der Waals surface area contributed by atoms with Crippen molar-refractivity contribution in [2.75, 3.05) is 13.1 Å². The smallest absolute Gasteiger partial charge is 0.0325 e. The Bertz CT molecular complexity index is 240. The molecule has 1 aliphatic heterocycles. The standard InChI is InChI=1S/C7H8.C6H10FN/c1-2-4-6-7-5-3-1;7-8-5-3-1-2-4-6-8/h1-6H,7H2;1-2H,3-6H2. The van der Waals surface area contributed by atoms with Gasteiger partial charge < -0.3 is 0 Å². The summed E-state index contributed by atoms with van der Waals surface area (Å²) in [6, 6.07) is 0. The molecule has 0 unspecified atom stereocenters. The summed E-state index contributed by atoms with van der Waals surface area (Å²) >= 11 is 0. The quantitative estimate of drug-likeness (QED) is 0.433. The Morgan fingerprint density at radius 2 is 1.27 bits per heavy atom. The van der Waals surface area contributed by atoms with Crippen molar-refractivity contribution in [3.05, 3.63) is 48.6 Å². The Kier molecular flexibility index (Phi) is 6.50. The molecule has 0 radical (unpaired) electrons. The Hall–Kier alpha value is -1.15. The van der Waals surface area contributed by atoms with Crippen LogP contribution >= 0.6 is 0 Å². The molecule has 0 aromatic carbocycles. The minimum Gasteiger partial charge on any atom is -0.146 e. The second-order valence-corrected chi connectivity index (χ2v) is 3.44. The van der Waals surface area contributed by atoms with E-state index in [1.807, 2.05) is 24.3 Å². The molecular formula is C13H18FN. The summed E-state index contributed by atoms with van der Waals surface area (Å²) < 4.78 is 12.2. The average molecular weight is 207 g/mol. The Morgan fingerprint density at radius 3 is 1.80 bits per heavy atom. The predicted molar refractivity (Wildman–Crippen MR) is 63.1 cm³/mol. The highest BCUT2D eigenvalue weighted by Gasteiger charge is 2.00. The summed E-state index contributed by atoms with van der Waals surface area (Å²) in [5, 5.41) is 0.861. The zero-order valence-electron chi connectivity index (χ0n) is 8.98. The van der Waals surface area contributed by atoms with Gasteiger partial charge in [-0.3, -0.25) is 0 Å². The number of nitrogens with zero attached hydrogens (tertiary/aromatic N) is 1. The van der Waals surface area contributed by atoms with Crippen LogP contribution in [0.5, 0.6) is 0 Å². The molecule has 1 heterocycles. The van der Waals surface area contributed by atoms with Gasteiger partial charge in [-0.15, -0.1) is 9.60 Å². The van der Waals surface area contributed by atoms with Gasteiger partial charge in [0.15, 0.2) is 0 Å². The van der Waals surface area contributed by atoms with Gasteiger partial charge in [0.1, 0.15) is 0 Å². The molecule has 2 rings (SSSR count). The molecule has 0 saturated carbocycles. The van der Waals surface area contributed by atoms with Gasteiger partial charge in [0.2, 0.25) is 0 Å². The summed E-state index contributed by atoms with van der Waals surface area (Å²) in [6.07, 6.45) is 19.3. The highest BCUT2D eigenvalue weighted by Crippen LogP contribution is 2.01. The highest BCUT2D eigenvalue weighted by molar-refractivity contribution is 5.16. The van der Waals surface area contributed by atoms with Crippen LogP contribution in [0.2, 0.25) is 0 Å². The van der Waals surface area contributed by atoms with E-state index in [0.717, 1.165) is 24.4 Å². The third kappa shape index (κ3) is 6.86. The number of allylic oxidation sites excluding steroid dienone is 6. The minimum atomic E-state index is 0.566. The van der Waals surface area contributed by atoms with E-state index in [1.54, 1.807) is 0 Å². The fraction of sp³-hybridized carbons (Fsp3) is 0.385. The van der Waals surface area contributed by atoms with E-state index < -0.39 is 0 Å². The first-order valence-electron chi connectivity index (χ1n) is 5.43. The van der Waals surface area contributed by atoms with E-state index >= 15 is 0 Å². The maximum Gasteiger partial charge on any atom is 0.0325 e. The Morgan fingerprint density at radius 1 is 0.733 bits per heavy atom. The van der Waals surface area contributed by atoms with E-state index in [0.29, 0.717) is 13.1 Å². The molecule has 0 atom stereocenters. The number of hydrogen-bond acceptors (Lipinski definition) is 1. The van der Waals surface area contributed by atoms with Gasteiger partial charge in [0.05, 0.1) is 0 Å². The van der Waals surface area contributed by atoms with Crippen LogP contribution in [0, 0.1) is 0 Å². The molecule has 1 aliphatic carbocycles. The summed E-state index contributed by atoms with van der Waals surface area (Å²) in [7, 11) is 0. The van der Waals surface area contributed by atoms with Gasteiger partial charge in [-0.1, -0.05) is 48.6 Å². The molecule has 0 amide bonds. The zero-order valence-corrected chi connectivity index (χ0v) is 8.98. The molecule has 0 aromatic heterocycles. The lowest BCUT2D eigenvalue weighted by Crippen LogP contribution is -2.13. The van der Waals surface area contributed by atoms with Crippen molar-refractivity contribution in [1.82, 2.24) is 5.12 Å². The number of hydrogen-bond donors (Lipinski definition) is 0. The average Bonchev–Trinajstić information content (AvgIpc) is 2.64. The summed E-state index contributed by atoms with van der Waals surface area (Å²) in [5.41, 5.74) is 0. The van der Waals surface area contributed by atoms with Crippen molar-refractivity contribution in [2.24, 2.45) is 0 Å². The molecule has 82 valence electrons. The van der Waals surface area contributed by atoms with E-state index in [1.165, 1.54) is 0 Å². The Labute approximate surface area is 91.2 Å². The lowest BCUT2D eigenvalue weighted by molar-refractivity contribution is 0.0319. The van der Waals surface area contributed by atoms with E-state index in [4.69, 9.17) is 0 Å². The molecule has 0 bridgehead atoms. The molecule has 1 nitrogen and oxygen atoms in total. The van der Waals surface area contributed by atoms with Crippen molar-refractivity contribution in [3.63, 3.8) is 0 Å². The van der Waals surface area contributed by atoms with Crippen LogP contribution in [0.25, 0.3) is 0 Å². The summed E-state index contributed by atoms with van der Waals surface area (Å²) in [6.45, 7) is 1.13. The van der Waals surface area contributed by atoms with Crippen molar-refractivity contribution >= 4 is 0 Å². The fourth-order valence-corrected chi connectivity index (χ4v) is 1.30. The van der Waals surface area contributed by atoms with Gasteiger partial charge in [-0.25, -0.2) is 0 Å². The van der Waals surface area contributed by atoms with Crippen molar-refractivity contribution in [3.8, 4) is 0 Å². The first-order chi connectivity index (χ1) is 7.39. The maximum absolute atomic E-state index is 12.2. The molecule has 2 aliphatic rings. The highest BCUT2D eigenvalue weighted by atomic mass is 19.2. The fourth-order valence-electron chi connectivity index (χ4n) is 1.30. The monoisotopic (exact) mass is 207 g/mol. The molecule has 0 spiro atoms. The molecule has 0 N–H and O–H groups in total. The van der Waals surface area contributed by atoms with Gasteiger partial charge >= 0.3 is 0 Å². The van der Waals surface area contributed by atoms with Gasteiger partial charge in [-0.2, -0.15) is 0 Å². The van der Waals surface area contributed by atoms with Crippen molar-refractivity contribution in [2.45, 2.75) is 19.3 Å². The second kappa shape index (κ2) is 8.18. The lowest BCUT2D eigenvalue weighted by atomic mass is 10.4. The molecular weight excluding hydrogens is 189 g/mol. The van der Waals surface area contributed by atoms with E-state index in [-0.39, 0.29) is 0 Å². The third-order valence-corrected chi connectivity index (χ3v) is 2.12. The second-order valence-electron chi connectivity index (χ2n) is 3.44. The van der Waals surface area contributed by atoms with Crippen LogP contribution in [0.15, 0.2) is 48.6 Å². The van der Waals surface area contributed by atoms with Gasteiger partial charge in [0.25, 0.3) is 0 Å². The lowest BCUT2D eigenvalue weighted by Gasteiger charge is -2.04. The molecule has 0 aromatic rings.